The molecule has 92 valence electrons. The standard InChI is InChI=1S/C12H25NO.ClH/c1-11(2)5-8-14-9-6-12-4-3-7-13-10-12;/h11-13H,3-10H2,1-2H3;1H. The molecule has 0 amide bonds. The average Bonchev–Trinajstić information content (AvgIpc) is 2.18. The zero-order chi connectivity index (χ0) is 10.2. The summed E-state index contributed by atoms with van der Waals surface area (Å²) in [6.07, 6.45) is 5.17. The van der Waals surface area contributed by atoms with Gasteiger partial charge in [0, 0.05) is 13.2 Å². The van der Waals surface area contributed by atoms with E-state index in [9.17, 15) is 0 Å². The molecule has 1 heterocycles. The Hall–Kier alpha value is 0.210. The summed E-state index contributed by atoms with van der Waals surface area (Å²) < 4.78 is 5.62. The minimum absolute atomic E-state index is 0. The highest BCUT2D eigenvalue weighted by Gasteiger charge is 2.11. The highest BCUT2D eigenvalue weighted by atomic mass is 35.5. The van der Waals surface area contributed by atoms with E-state index in [1.165, 1.54) is 38.8 Å². The molecule has 0 aromatic carbocycles. The third-order valence-corrected chi connectivity index (χ3v) is 2.91. The van der Waals surface area contributed by atoms with Gasteiger partial charge in [0.25, 0.3) is 0 Å². The summed E-state index contributed by atoms with van der Waals surface area (Å²) in [5.41, 5.74) is 0. The molecule has 1 N–H and O–H groups in total. The van der Waals surface area contributed by atoms with Crippen LogP contribution in [0.5, 0.6) is 0 Å². The Labute approximate surface area is 101 Å². The maximum atomic E-state index is 5.62. The monoisotopic (exact) mass is 235 g/mol. The van der Waals surface area contributed by atoms with Gasteiger partial charge in [-0.2, -0.15) is 0 Å². The van der Waals surface area contributed by atoms with E-state index >= 15 is 0 Å². The van der Waals surface area contributed by atoms with Crippen molar-refractivity contribution in [2.24, 2.45) is 11.8 Å². The van der Waals surface area contributed by atoms with Crippen molar-refractivity contribution in [1.29, 1.82) is 0 Å². The highest BCUT2D eigenvalue weighted by Crippen LogP contribution is 2.13. The van der Waals surface area contributed by atoms with Gasteiger partial charge in [-0.05, 0) is 50.6 Å². The van der Waals surface area contributed by atoms with Crippen LogP contribution in [0.15, 0.2) is 0 Å². The molecule has 0 aliphatic carbocycles. The second-order valence-corrected chi connectivity index (χ2v) is 4.80. The fraction of sp³-hybridized carbons (Fsp3) is 1.00. The quantitative estimate of drug-likeness (QED) is 0.715. The summed E-state index contributed by atoms with van der Waals surface area (Å²) >= 11 is 0. The molecule has 0 aromatic rings. The third-order valence-electron chi connectivity index (χ3n) is 2.91. The Morgan fingerprint density at radius 1 is 1.33 bits per heavy atom. The van der Waals surface area contributed by atoms with Crippen molar-refractivity contribution in [3.63, 3.8) is 0 Å². The van der Waals surface area contributed by atoms with Gasteiger partial charge < -0.3 is 10.1 Å². The molecule has 1 saturated heterocycles. The van der Waals surface area contributed by atoms with Crippen molar-refractivity contribution in [2.75, 3.05) is 26.3 Å². The number of hydrogen-bond donors (Lipinski definition) is 1. The molecule has 2 nitrogen and oxygen atoms in total. The van der Waals surface area contributed by atoms with Crippen LogP contribution in [0.25, 0.3) is 0 Å². The summed E-state index contributed by atoms with van der Waals surface area (Å²) in [5.74, 6) is 1.63. The molecule has 0 aromatic heterocycles. The highest BCUT2D eigenvalue weighted by molar-refractivity contribution is 5.85. The van der Waals surface area contributed by atoms with Crippen molar-refractivity contribution in [3.8, 4) is 0 Å². The largest absolute Gasteiger partial charge is 0.381 e. The minimum atomic E-state index is 0. The predicted molar refractivity (Wildman–Crippen MR) is 67.7 cm³/mol. The second-order valence-electron chi connectivity index (χ2n) is 4.80. The fourth-order valence-corrected chi connectivity index (χ4v) is 1.84. The van der Waals surface area contributed by atoms with Gasteiger partial charge in [-0.15, -0.1) is 12.4 Å². The normalized spacial score (nSPS) is 21.4. The molecule has 0 saturated carbocycles. The van der Waals surface area contributed by atoms with Crippen LogP contribution in [0.3, 0.4) is 0 Å². The van der Waals surface area contributed by atoms with Crippen LogP contribution < -0.4 is 5.32 Å². The van der Waals surface area contributed by atoms with Gasteiger partial charge in [-0.25, -0.2) is 0 Å². The van der Waals surface area contributed by atoms with Crippen LogP contribution >= 0.6 is 12.4 Å². The maximum absolute atomic E-state index is 5.62. The topological polar surface area (TPSA) is 21.3 Å². The first kappa shape index (κ1) is 15.2. The Morgan fingerprint density at radius 2 is 2.13 bits per heavy atom. The lowest BCUT2D eigenvalue weighted by atomic mass is 9.97. The van der Waals surface area contributed by atoms with Crippen molar-refractivity contribution in [2.45, 2.75) is 39.5 Å². The summed E-state index contributed by atoms with van der Waals surface area (Å²) in [6.45, 7) is 8.80. The maximum Gasteiger partial charge on any atom is 0.0469 e. The number of halogens is 1. The van der Waals surface area contributed by atoms with Crippen LogP contribution in [-0.4, -0.2) is 26.3 Å². The Kier molecular flexibility index (Phi) is 9.57. The van der Waals surface area contributed by atoms with Gasteiger partial charge in [-0.1, -0.05) is 13.8 Å². The Morgan fingerprint density at radius 3 is 2.73 bits per heavy atom. The lowest BCUT2D eigenvalue weighted by Gasteiger charge is -2.22. The van der Waals surface area contributed by atoms with Crippen LogP contribution in [0.1, 0.15) is 39.5 Å². The van der Waals surface area contributed by atoms with Crippen molar-refractivity contribution in [1.82, 2.24) is 5.32 Å². The lowest BCUT2D eigenvalue weighted by molar-refractivity contribution is 0.107. The van der Waals surface area contributed by atoms with Crippen LogP contribution in [0, 0.1) is 11.8 Å². The molecule has 1 rings (SSSR count). The lowest BCUT2D eigenvalue weighted by Crippen LogP contribution is -2.30. The summed E-state index contributed by atoms with van der Waals surface area (Å²) in [6, 6.07) is 0. The van der Waals surface area contributed by atoms with Crippen LogP contribution in [0.2, 0.25) is 0 Å². The fourth-order valence-electron chi connectivity index (χ4n) is 1.84. The number of piperidine rings is 1. The number of nitrogens with one attached hydrogen (secondary N) is 1. The predicted octanol–water partition coefficient (Wildman–Crippen LogP) is 2.86. The van der Waals surface area contributed by atoms with Crippen LogP contribution in [0.4, 0.5) is 0 Å². The SMILES string of the molecule is CC(C)CCOCCC1CCCNC1.Cl. The molecule has 15 heavy (non-hydrogen) atoms. The molecule has 1 aliphatic heterocycles. The van der Waals surface area contributed by atoms with Gasteiger partial charge in [0.15, 0.2) is 0 Å². The minimum Gasteiger partial charge on any atom is -0.381 e. The van der Waals surface area contributed by atoms with Gasteiger partial charge in [-0.3, -0.25) is 0 Å². The van der Waals surface area contributed by atoms with E-state index < -0.39 is 0 Å². The zero-order valence-corrected chi connectivity index (χ0v) is 10.9. The van der Waals surface area contributed by atoms with E-state index in [1.807, 2.05) is 0 Å². The van der Waals surface area contributed by atoms with E-state index in [-0.39, 0.29) is 12.4 Å². The molecule has 1 atom stereocenters. The van der Waals surface area contributed by atoms with Gasteiger partial charge >= 0.3 is 0 Å². The summed E-state index contributed by atoms with van der Waals surface area (Å²) in [5, 5.41) is 3.44. The smallest absolute Gasteiger partial charge is 0.0469 e. The Bertz CT molecular complexity index is 136. The van der Waals surface area contributed by atoms with E-state index in [0.29, 0.717) is 0 Å². The van der Waals surface area contributed by atoms with E-state index in [4.69, 9.17) is 4.74 Å². The first-order chi connectivity index (χ1) is 6.79. The van der Waals surface area contributed by atoms with E-state index in [0.717, 1.165) is 25.0 Å². The first-order valence-electron chi connectivity index (χ1n) is 6.07. The number of hydrogen-bond acceptors (Lipinski definition) is 2. The zero-order valence-electron chi connectivity index (χ0n) is 10.1. The second kappa shape index (κ2) is 9.44. The third kappa shape index (κ3) is 8.06. The van der Waals surface area contributed by atoms with E-state index in [2.05, 4.69) is 19.2 Å². The van der Waals surface area contributed by atoms with Crippen molar-refractivity contribution < 1.29 is 4.74 Å². The average molecular weight is 236 g/mol. The summed E-state index contributed by atoms with van der Waals surface area (Å²) in [7, 11) is 0. The number of rotatable bonds is 6. The molecule has 1 fully saturated rings. The molecular weight excluding hydrogens is 210 g/mol. The molecule has 0 spiro atoms. The number of ether oxygens (including phenoxy) is 1. The molecule has 0 bridgehead atoms. The van der Waals surface area contributed by atoms with Crippen molar-refractivity contribution in [3.05, 3.63) is 0 Å². The van der Waals surface area contributed by atoms with Crippen LogP contribution in [-0.2, 0) is 4.74 Å². The van der Waals surface area contributed by atoms with Gasteiger partial charge in [0.1, 0.15) is 0 Å². The Balaban J connectivity index is 0.00000196. The van der Waals surface area contributed by atoms with Gasteiger partial charge in [0.05, 0.1) is 0 Å². The molecule has 1 unspecified atom stereocenters. The molecular formula is C12H26ClNO. The first-order valence-corrected chi connectivity index (χ1v) is 6.07. The van der Waals surface area contributed by atoms with Crippen molar-refractivity contribution >= 4 is 12.4 Å². The molecule has 0 radical (unpaired) electrons. The summed E-state index contributed by atoms with van der Waals surface area (Å²) in [4.78, 5) is 0. The van der Waals surface area contributed by atoms with Gasteiger partial charge in [0.2, 0.25) is 0 Å². The molecule has 1 aliphatic rings. The molecule has 3 heteroatoms. The van der Waals surface area contributed by atoms with E-state index in [1.54, 1.807) is 0 Å².